The number of thiazole rings is 1. The zero-order chi connectivity index (χ0) is 29.2. The van der Waals surface area contributed by atoms with E-state index in [1.165, 1.54) is 44.4 Å². The highest BCUT2D eigenvalue weighted by molar-refractivity contribution is 7.21. The SMILES string of the molecule is O=C(O)c1cnc(N2CCC(C(=O)Nc3nc(-c4cc(Cl)cs4)c(N4CCN(C5CCCCC5)CC4)s3)CC2)c(Cl)c1. The van der Waals surface area contributed by atoms with Crippen molar-refractivity contribution in [3.63, 3.8) is 0 Å². The first kappa shape index (κ1) is 29.6. The van der Waals surface area contributed by atoms with Gasteiger partial charge in [-0.05, 0) is 37.8 Å². The highest BCUT2D eigenvalue weighted by Crippen LogP contribution is 2.42. The van der Waals surface area contributed by atoms with Gasteiger partial charge in [-0.3, -0.25) is 9.69 Å². The molecule has 3 aliphatic rings. The van der Waals surface area contributed by atoms with Gasteiger partial charge in [-0.2, -0.15) is 0 Å². The lowest BCUT2D eigenvalue weighted by Crippen LogP contribution is -2.50. The number of hydrogen-bond donors (Lipinski definition) is 2. The summed E-state index contributed by atoms with van der Waals surface area (Å²) in [7, 11) is 0. The first-order valence-corrected chi connectivity index (χ1v) is 17.0. The first-order valence-electron chi connectivity index (χ1n) is 14.5. The molecule has 42 heavy (non-hydrogen) atoms. The van der Waals surface area contributed by atoms with Crippen LogP contribution in [0.5, 0.6) is 0 Å². The number of carbonyl (C=O) groups is 2. The average molecular weight is 650 g/mol. The second kappa shape index (κ2) is 13.1. The number of carboxylic acids is 1. The normalized spacial score (nSPS) is 19.3. The molecular weight excluding hydrogens is 615 g/mol. The number of aromatic carboxylic acids is 1. The first-order chi connectivity index (χ1) is 20.4. The second-order valence-corrected chi connectivity index (χ2v) is 13.9. The van der Waals surface area contributed by atoms with Gasteiger partial charge in [-0.15, -0.1) is 11.3 Å². The number of nitrogens with one attached hydrogen (secondary N) is 1. The summed E-state index contributed by atoms with van der Waals surface area (Å²) in [5.74, 6) is -0.714. The van der Waals surface area contributed by atoms with E-state index in [1.54, 1.807) is 22.7 Å². The van der Waals surface area contributed by atoms with Crippen LogP contribution in [0.2, 0.25) is 10.0 Å². The lowest BCUT2D eigenvalue weighted by molar-refractivity contribution is -0.120. The predicted molar refractivity (Wildman–Crippen MR) is 171 cm³/mol. The molecule has 0 bridgehead atoms. The van der Waals surface area contributed by atoms with E-state index in [1.807, 2.05) is 16.3 Å². The van der Waals surface area contributed by atoms with Crippen LogP contribution in [0.25, 0.3) is 10.6 Å². The Kier molecular flexibility index (Phi) is 9.21. The number of piperidine rings is 1. The summed E-state index contributed by atoms with van der Waals surface area (Å²) < 4.78 is 0. The van der Waals surface area contributed by atoms with Crippen LogP contribution in [0, 0.1) is 5.92 Å². The van der Waals surface area contributed by atoms with Gasteiger partial charge in [0.05, 0.1) is 20.5 Å². The van der Waals surface area contributed by atoms with Crippen LogP contribution in [0.15, 0.2) is 23.7 Å². The summed E-state index contributed by atoms with van der Waals surface area (Å²) in [5.41, 5.74) is 0.940. The Morgan fingerprint density at radius 1 is 0.952 bits per heavy atom. The molecule has 2 N–H and O–H groups in total. The maximum atomic E-state index is 13.3. The molecule has 3 fully saturated rings. The van der Waals surface area contributed by atoms with Crippen molar-refractivity contribution in [3.8, 4) is 10.6 Å². The number of hydrogen-bond acceptors (Lipinski definition) is 9. The van der Waals surface area contributed by atoms with Crippen molar-refractivity contribution in [1.29, 1.82) is 0 Å². The Labute approximate surface area is 263 Å². The van der Waals surface area contributed by atoms with Gasteiger partial charge < -0.3 is 20.2 Å². The standard InChI is InChI=1S/C29H34Cl2N6O3S2/c30-20-15-23(41-17-20)24-27(37-12-10-35(11-13-37)21-4-2-1-3-5-21)42-29(33-24)34-26(38)18-6-8-36(9-7-18)25-22(31)14-19(16-32-25)28(39)40/h14-18,21H,1-13H2,(H,39,40)(H,33,34,38). The molecule has 0 radical (unpaired) electrons. The van der Waals surface area contributed by atoms with E-state index >= 15 is 0 Å². The maximum Gasteiger partial charge on any atom is 0.337 e. The van der Waals surface area contributed by atoms with E-state index in [-0.39, 0.29) is 17.4 Å². The number of amides is 1. The summed E-state index contributed by atoms with van der Waals surface area (Å²) in [6.07, 6.45) is 9.27. The van der Waals surface area contributed by atoms with Gasteiger partial charge in [0.25, 0.3) is 0 Å². The third-order valence-corrected chi connectivity index (χ3v) is 11.2. The number of pyridine rings is 1. The molecular formula is C29H34Cl2N6O3S2. The number of halogens is 2. The number of nitrogens with zero attached hydrogens (tertiary/aromatic N) is 5. The summed E-state index contributed by atoms with van der Waals surface area (Å²) in [4.78, 5) is 41.8. The van der Waals surface area contributed by atoms with Crippen LogP contribution >= 0.6 is 45.9 Å². The van der Waals surface area contributed by atoms with Crippen molar-refractivity contribution in [2.75, 3.05) is 54.4 Å². The van der Waals surface area contributed by atoms with Crippen LogP contribution in [0.1, 0.15) is 55.3 Å². The van der Waals surface area contributed by atoms with E-state index in [0.29, 0.717) is 46.9 Å². The maximum absolute atomic E-state index is 13.3. The number of carboxylic acid groups (broad SMARTS) is 1. The molecule has 9 nitrogen and oxygen atoms in total. The van der Waals surface area contributed by atoms with E-state index in [2.05, 4.69) is 20.1 Å². The fourth-order valence-electron chi connectivity index (χ4n) is 6.26. The van der Waals surface area contributed by atoms with E-state index in [0.717, 1.165) is 47.8 Å². The van der Waals surface area contributed by atoms with Crippen molar-refractivity contribution >= 4 is 73.7 Å². The van der Waals surface area contributed by atoms with E-state index < -0.39 is 5.97 Å². The van der Waals surface area contributed by atoms with Crippen LogP contribution in [-0.4, -0.2) is 77.2 Å². The Hall–Kier alpha value is -2.44. The Morgan fingerprint density at radius 2 is 1.69 bits per heavy atom. The van der Waals surface area contributed by atoms with Crippen LogP contribution in [0.3, 0.4) is 0 Å². The minimum absolute atomic E-state index is 0.0342. The molecule has 0 unspecified atom stereocenters. The molecule has 5 heterocycles. The molecule has 224 valence electrons. The van der Waals surface area contributed by atoms with Crippen molar-refractivity contribution < 1.29 is 14.7 Å². The average Bonchev–Trinajstić information content (AvgIpc) is 3.63. The smallest absolute Gasteiger partial charge is 0.337 e. The zero-order valence-electron chi connectivity index (χ0n) is 23.2. The van der Waals surface area contributed by atoms with E-state index in [4.69, 9.17) is 28.2 Å². The van der Waals surface area contributed by atoms with E-state index in [9.17, 15) is 14.7 Å². The second-order valence-electron chi connectivity index (χ2n) is 11.2. The number of aromatic nitrogens is 2. The molecule has 1 saturated carbocycles. The molecule has 6 rings (SSSR count). The highest BCUT2D eigenvalue weighted by Gasteiger charge is 2.30. The number of thiophene rings is 1. The van der Waals surface area contributed by atoms with Crippen LogP contribution < -0.4 is 15.1 Å². The minimum Gasteiger partial charge on any atom is -0.478 e. The molecule has 1 aliphatic carbocycles. The Bertz CT molecular complexity index is 1430. The van der Waals surface area contributed by atoms with Crippen molar-refractivity contribution in [2.45, 2.75) is 51.0 Å². The molecule has 13 heteroatoms. The van der Waals surface area contributed by atoms with Gasteiger partial charge >= 0.3 is 5.97 Å². The summed E-state index contributed by atoms with van der Waals surface area (Å²) in [6.45, 7) is 5.19. The van der Waals surface area contributed by atoms with Gasteiger partial charge in [0, 0.05) is 62.8 Å². The topological polar surface area (TPSA) is 102 Å². The molecule has 0 spiro atoms. The third-order valence-electron chi connectivity index (χ3n) is 8.57. The number of carbonyl (C=O) groups excluding carboxylic acids is 1. The minimum atomic E-state index is -1.07. The highest BCUT2D eigenvalue weighted by atomic mass is 35.5. The summed E-state index contributed by atoms with van der Waals surface area (Å²) in [6, 6.07) is 4.08. The van der Waals surface area contributed by atoms with Crippen molar-refractivity contribution in [2.24, 2.45) is 5.92 Å². The molecule has 2 aliphatic heterocycles. The monoisotopic (exact) mass is 648 g/mol. The predicted octanol–water partition coefficient (Wildman–Crippen LogP) is 6.58. The number of anilines is 3. The zero-order valence-corrected chi connectivity index (χ0v) is 26.4. The van der Waals surface area contributed by atoms with Crippen LogP contribution in [-0.2, 0) is 4.79 Å². The molecule has 2 saturated heterocycles. The molecule has 3 aromatic heterocycles. The van der Waals surface area contributed by atoms with Gasteiger partial charge in [-0.1, -0.05) is 53.8 Å². The Morgan fingerprint density at radius 3 is 2.33 bits per heavy atom. The van der Waals surface area contributed by atoms with Crippen molar-refractivity contribution in [3.05, 3.63) is 39.3 Å². The summed E-state index contributed by atoms with van der Waals surface area (Å²) in [5, 5.41) is 16.9. The molecule has 0 atom stereocenters. The fourth-order valence-corrected chi connectivity index (χ4v) is 8.71. The number of piperazine rings is 1. The summed E-state index contributed by atoms with van der Waals surface area (Å²) >= 11 is 15.7. The van der Waals surface area contributed by atoms with Crippen LogP contribution in [0.4, 0.5) is 16.0 Å². The van der Waals surface area contributed by atoms with Crippen molar-refractivity contribution in [1.82, 2.24) is 14.9 Å². The molecule has 0 aromatic carbocycles. The fraction of sp³-hybridized carbons (Fsp3) is 0.517. The lowest BCUT2D eigenvalue weighted by Gasteiger charge is -2.41. The van der Waals surface area contributed by atoms with Gasteiger partial charge in [-0.25, -0.2) is 14.8 Å². The molecule has 3 aromatic rings. The molecule has 1 amide bonds. The van der Waals surface area contributed by atoms with Gasteiger partial charge in [0.1, 0.15) is 16.5 Å². The Balaban J connectivity index is 1.11. The third kappa shape index (κ3) is 6.55. The lowest BCUT2D eigenvalue weighted by atomic mass is 9.94. The van der Waals surface area contributed by atoms with Gasteiger partial charge in [0.2, 0.25) is 5.91 Å². The van der Waals surface area contributed by atoms with Gasteiger partial charge in [0.15, 0.2) is 5.13 Å². The number of rotatable bonds is 7. The largest absolute Gasteiger partial charge is 0.478 e. The quantitative estimate of drug-likeness (QED) is 0.296.